The molecule has 3 heterocycles. The zero-order valence-electron chi connectivity index (χ0n) is 15.2. The maximum Gasteiger partial charge on any atom is 0.132 e. The number of aryl methyl sites for hydroxylation is 3. The molecule has 1 aliphatic rings. The summed E-state index contributed by atoms with van der Waals surface area (Å²) in [5.74, 6) is 1.06. The van der Waals surface area contributed by atoms with Gasteiger partial charge in [-0.2, -0.15) is 5.10 Å². The van der Waals surface area contributed by atoms with Gasteiger partial charge in [-0.1, -0.05) is 6.92 Å². The predicted molar refractivity (Wildman–Crippen MR) is 96.4 cm³/mol. The quantitative estimate of drug-likeness (QED) is 0.841. The van der Waals surface area contributed by atoms with Crippen LogP contribution in [0.4, 0.5) is 5.82 Å². The van der Waals surface area contributed by atoms with E-state index in [0.717, 1.165) is 56.4 Å². The summed E-state index contributed by atoms with van der Waals surface area (Å²) >= 11 is 0. The molecule has 0 amide bonds. The largest absolute Gasteiger partial charge is 0.354 e. The molecule has 2 aromatic rings. The summed E-state index contributed by atoms with van der Waals surface area (Å²) in [7, 11) is 0. The van der Waals surface area contributed by atoms with Gasteiger partial charge in [0, 0.05) is 49.7 Å². The minimum atomic E-state index is 0.488. The molecule has 0 aliphatic carbocycles. The van der Waals surface area contributed by atoms with Crippen LogP contribution >= 0.6 is 0 Å². The third-order valence-corrected chi connectivity index (χ3v) is 4.87. The third-order valence-electron chi connectivity index (χ3n) is 4.87. The van der Waals surface area contributed by atoms with Gasteiger partial charge in [0.1, 0.15) is 12.1 Å². The molecule has 0 aromatic carbocycles. The molecule has 1 aliphatic heterocycles. The van der Waals surface area contributed by atoms with Crippen LogP contribution in [0.1, 0.15) is 30.9 Å². The first kappa shape index (κ1) is 16.9. The fourth-order valence-electron chi connectivity index (χ4n) is 3.37. The molecule has 0 radical (unpaired) electrons. The van der Waals surface area contributed by atoms with Crippen LogP contribution in [0.25, 0.3) is 0 Å². The Morgan fingerprint density at radius 3 is 2.46 bits per heavy atom. The van der Waals surface area contributed by atoms with Crippen LogP contribution in [-0.2, 0) is 13.0 Å². The molecule has 1 atom stereocenters. The average Bonchev–Trinajstić information content (AvgIpc) is 2.92. The summed E-state index contributed by atoms with van der Waals surface area (Å²) in [4.78, 5) is 13.7. The Morgan fingerprint density at radius 1 is 1.08 bits per heavy atom. The van der Waals surface area contributed by atoms with E-state index in [0.29, 0.717) is 6.04 Å². The summed E-state index contributed by atoms with van der Waals surface area (Å²) in [6.07, 6.45) is 2.64. The van der Waals surface area contributed by atoms with Crippen LogP contribution in [-0.4, -0.2) is 56.9 Å². The van der Waals surface area contributed by atoms with Crippen molar-refractivity contribution in [2.24, 2.45) is 0 Å². The molecule has 0 saturated carbocycles. The van der Waals surface area contributed by atoms with E-state index < -0.39 is 0 Å². The Bertz CT molecular complexity index is 672. The van der Waals surface area contributed by atoms with E-state index in [1.807, 2.05) is 0 Å². The zero-order valence-corrected chi connectivity index (χ0v) is 15.2. The molecular formula is C18H28N6. The van der Waals surface area contributed by atoms with Crippen LogP contribution < -0.4 is 4.90 Å². The lowest BCUT2D eigenvalue weighted by atomic mass is 10.2. The van der Waals surface area contributed by atoms with Crippen molar-refractivity contribution >= 4 is 5.82 Å². The molecule has 0 N–H and O–H groups in total. The van der Waals surface area contributed by atoms with Crippen LogP contribution in [0, 0.1) is 13.8 Å². The first-order valence-corrected chi connectivity index (χ1v) is 8.87. The van der Waals surface area contributed by atoms with Crippen molar-refractivity contribution in [2.45, 2.75) is 46.7 Å². The molecular weight excluding hydrogens is 300 g/mol. The van der Waals surface area contributed by atoms with E-state index >= 15 is 0 Å². The molecule has 6 nitrogen and oxygen atoms in total. The first-order chi connectivity index (χ1) is 11.6. The van der Waals surface area contributed by atoms with E-state index in [9.17, 15) is 0 Å². The van der Waals surface area contributed by atoms with Gasteiger partial charge in [0.15, 0.2) is 0 Å². The lowest BCUT2D eigenvalue weighted by molar-refractivity contribution is 0.176. The van der Waals surface area contributed by atoms with E-state index in [-0.39, 0.29) is 0 Å². The van der Waals surface area contributed by atoms with Gasteiger partial charge in [0.2, 0.25) is 0 Å². The molecule has 2 aromatic heterocycles. The van der Waals surface area contributed by atoms with Crippen molar-refractivity contribution in [2.75, 3.05) is 31.1 Å². The molecule has 130 valence electrons. The first-order valence-electron chi connectivity index (χ1n) is 8.87. The second-order valence-corrected chi connectivity index (χ2v) is 6.70. The van der Waals surface area contributed by atoms with Gasteiger partial charge in [-0.25, -0.2) is 9.97 Å². The average molecular weight is 328 g/mol. The Labute approximate surface area is 144 Å². The van der Waals surface area contributed by atoms with Crippen molar-refractivity contribution in [3.63, 3.8) is 0 Å². The van der Waals surface area contributed by atoms with Crippen molar-refractivity contribution in [1.82, 2.24) is 24.6 Å². The van der Waals surface area contributed by atoms with Crippen molar-refractivity contribution in [3.8, 4) is 0 Å². The minimum Gasteiger partial charge on any atom is -0.354 e. The number of aromatic nitrogens is 4. The predicted octanol–water partition coefficient (Wildman–Crippen LogP) is 2.06. The molecule has 3 rings (SSSR count). The third kappa shape index (κ3) is 3.75. The van der Waals surface area contributed by atoms with Crippen molar-refractivity contribution in [3.05, 3.63) is 35.5 Å². The van der Waals surface area contributed by atoms with Gasteiger partial charge in [-0.3, -0.25) is 9.58 Å². The summed E-state index contributed by atoms with van der Waals surface area (Å²) < 4.78 is 2.13. The van der Waals surface area contributed by atoms with Crippen molar-refractivity contribution in [1.29, 1.82) is 0 Å². The number of piperazine rings is 1. The van der Waals surface area contributed by atoms with Gasteiger partial charge in [0.25, 0.3) is 0 Å². The summed E-state index contributed by atoms with van der Waals surface area (Å²) in [6.45, 7) is 13.7. The van der Waals surface area contributed by atoms with E-state index in [1.54, 1.807) is 6.33 Å². The molecule has 6 heteroatoms. The Morgan fingerprint density at radius 2 is 1.83 bits per heavy atom. The van der Waals surface area contributed by atoms with E-state index in [4.69, 9.17) is 0 Å². The Hall–Kier alpha value is -1.95. The van der Waals surface area contributed by atoms with Crippen LogP contribution in [0.3, 0.4) is 0 Å². The summed E-state index contributed by atoms with van der Waals surface area (Å²) in [5, 5.41) is 4.59. The molecule has 0 bridgehead atoms. The number of hydrogen-bond donors (Lipinski definition) is 0. The van der Waals surface area contributed by atoms with Gasteiger partial charge in [-0.05, 0) is 33.3 Å². The second kappa shape index (κ2) is 7.30. The monoisotopic (exact) mass is 328 g/mol. The van der Waals surface area contributed by atoms with E-state index in [1.165, 1.54) is 5.69 Å². The highest BCUT2D eigenvalue weighted by Gasteiger charge is 2.22. The number of nitrogens with zero attached hydrogens (tertiary/aromatic N) is 6. The fraction of sp³-hybridized carbons (Fsp3) is 0.611. The number of anilines is 1. The maximum atomic E-state index is 4.59. The molecule has 0 spiro atoms. The smallest absolute Gasteiger partial charge is 0.132 e. The van der Waals surface area contributed by atoms with E-state index in [2.05, 4.69) is 69.4 Å². The molecule has 24 heavy (non-hydrogen) atoms. The van der Waals surface area contributed by atoms with Crippen LogP contribution in [0.15, 0.2) is 18.5 Å². The topological polar surface area (TPSA) is 50.1 Å². The summed E-state index contributed by atoms with van der Waals surface area (Å²) in [6, 6.07) is 4.75. The molecule has 1 fully saturated rings. The second-order valence-electron chi connectivity index (χ2n) is 6.70. The minimum absolute atomic E-state index is 0.488. The Kier molecular flexibility index (Phi) is 5.14. The summed E-state index contributed by atoms with van der Waals surface area (Å²) in [5.41, 5.74) is 3.45. The molecule has 0 unspecified atom stereocenters. The lowest BCUT2D eigenvalue weighted by Crippen LogP contribution is -2.51. The number of hydrogen-bond acceptors (Lipinski definition) is 5. The normalized spacial score (nSPS) is 17.2. The van der Waals surface area contributed by atoms with Gasteiger partial charge < -0.3 is 4.90 Å². The Balaban J connectivity index is 1.57. The maximum absolute atomic E-state index is 4.59. The lowest BCUT2D eigenvalue weighted by Gasteiger charge is -2.38. The highest BCUT2D eigenvalue weighted by Crippen LogP contribution is 2.16. The highest BCUT2D eigenvalue weighted by atomic mass is 15.3. The fourth-order valence-corrected chi connectivity index (χ4v) is 3.37. The van der Waals surface area contributed by atoms with Gasteiger partial charge in [-0.15, -0.1) is 0 Å². The number of rotatable bonds is 5. The standard InChI is InChI=1S/C18H28N6/c1-5-17-11-18(20-13-19-17)23-8-6-22(7-9-23)16(4)12-24-15(3)10-14(2)21-24/h10-11,13,16H,5-9,12H2,1-4H3/t16-/m0/s1. The zero-order chi connectivity index (χ0) is 17.1. The van der Waals surface area contributed by atoms with Gasteiger partial charge >= 0.3 is 0 Å². The van der Waals surface area contributed by atoms with Crippen LogP contribution in [0.2, 0.25) is 0 Å². The molecule has 1 saturated heterocycles. The van der Waals surface area contributed by atoms with Crippen LogP contribution in [0.5, 0.6) is 0 Å². The van der Waals surface area contributed by atoms with Crippen molar-refractivity contribution < 1.29 is 0 Å². The van der Waals surface area contributed by atoms with Gasteiger partial charge in [0.05, 0.1) is 12.2 Å². The highest BCUT2D eigenvalue weighted by molar-refractivity contribution is 5.39. The SMILES string of the molecule is CCc1cc(N2CCN([C@@H](C)Cn3nc(C)cc3C)CC2)ncn1.